The molecular weight excluding hydrogens is 487 g/mol. The van der Waals surface area contributed by atoms with Crippen molar-refractivity contribution in [1.82, 2.24) is 5.32 Å². The molecular formula is C27H26Cl2N2O4. The average molecular weight is 513 g/mol. The van der Waals surface area contributed by atoms with Crippen molar-refractivity contribution in [2.24, 2.45) is 0 Å². The van der Waals surface area contributed by atoms with Gasteiger partial charge in [-0.25, -0.2) is 4.79 Å². The molecule has 0 fully saturated rings. The van der Waals surface area contributed by atoms with Crippen LogP contribution >= 0.6 is 23.2 Å². The first-order valence-corrected chi connectivity index (χ1v) is 11.7. The monoisotopic (exact) mass is 512 g/mol. The molecule has 0 unspecified atom stereocenters. The number of rotatable bonds is 7. The highest BCUT2D eigenvalue weighted by molar-refractivity contribution is 6.40. The number of carbonyl (C=O) groups excluding carboxylic acids is 2. The Morgan fingerprint density at radius 1 is 0.857 bits per heavy atom. The topological polar surface area (TPSA) is 95.5 Å². The van der Waals surface area contributed by atoms with Crippen LogP contribution in [0.15, 0.2) is 66.7 Å². The van der Waals surface area contributed by atoms with E-state index >= 15 is 0 Å². The van der Waals surface area contributed by atoms with Gasteiger partial charge in [-0.2, -0.15) is 0 Å². The van der Waals surface area contributed by atoms with Gasteiger partial charge in [0.05, 0.1) is 15.6 Å². The van der Waals surface area contributed by atoms with Crippen LogP contribution in [0, 0.1) is 0 Å². The molecule has 0 saturated heterocycles. The van der Waals surface area contributed by atoms with Crippen LogP contribution in [0.25, 0.3) is 0 Å². The molecule has 1 atom stereocenters. The standard InChI is InChI=1S/C27H26Cl2N2O4/c1-27(2,3)19-8-5-4-7-18(19)24(32)31-22(26(34)35)15-16-11-13-17(14-12-16)30-25(33)23-20(28)9-6-10-21(23)29/h4-14,22H,15H2,1-3H3,(H,30,33)(H,31,32)(H,34,35)/t22-/m0/s1. The van der Waals surface area contributed by atoms with Crippen LogP contribution in [0.3, 0.4) is 0 Å². The maximum Gasteiger partial charge on any atom is 0.326 e. The molecule has 0 aliphatic heterocycles. The Bertz CT molecular complexity index is 1230. The van der Waals surface area contributed by atoms with Crippen LogP contribution in [0.5, 0.6) is 0 Å². The third kappa shape index (κ3) is 6.62. The second-order valence-electron chi connectivity index (χ2n) is 9.11. The van der Waals surface area contributed by atoms with Crippen LogP contribution in [0.2, 0.25) is 10.0 Å². The highest BCUT2D eigenvalue weighted by Gasteiger charge is 2.25. The number of nitrogens with one attached hydrogen (secondary N) is 2. The minimum atomic E-state index is -1.14. The maximum absolute atomic E-state index is 12.9. The van der Waals surface area contributed by atoms with Gasteiger partial charge in [-0.15, -0.1) is 0 Å². The number of amides is 2. The van der Waals surface area contributed by atoms with Gasteiger partial charge < -0.3 is 15.7 Å². The predicted octanol–water partition coefficient (Wildman–Crippen LogP) is 5.97. The summed E-state index contributed by atoms with van der Waals surface area (Å²) in [7, 11) is 0. The largest absolute Gasteiger partial charge is 0.480 e. The van der Waals surface area contributed by atoms with E-state index < -0.39 is 23.8 Å². The van der Waals surface area contributed by atoms with E-state index in [4.69, 9.17) is 23.2 Å². The molecule has 182 valence electrons. The van der Waals surface area contributed by atoms with Crippen molar-refractivity contribution >= 4 is 46.7 Å². The number of carbonyl (C=O) groups is 3. The summed E-state index contributed by atoms with van der Waals surface area (Å²) in [5.74, 6) is -2.04. The van der Waals surface area contributed by atoms with Crippen molar-refractivity contribution in [2.45, 2.75) is 38.6 Å². The van der Waals surface area contributed by atoms with Crippen LogP contribution in [0.1, 0.15) is 52.6 Å². The minimum absolute atomic E-state index is 0.0727. The second kappa shape index (κ2) is 10.9. The Morgan fingerprint density at radius 2 is 1.46 bits per heavy atom. The van der Waals surface area contributed by atoms with Crippen LogP contribution in [-0.2, 0) is 16.6 Å². The van der Waals surface area contributed by atoms with Crippen molar-refractivity contribution in [1.29, 1.82) is 0 Å². The summed E-state index contributed by atoms with van der Waals surface area (Å²) in [6.07, 6.45) is 0.0727. The summed E-state index contributed by atoms with van der Waals surface area (Å²) in [4.78, 5) is 37.4. The number of hydrogen-bond donors (Lipinski definition) is 3. The molecule has 6 nitrogen and oxygen atoms in total. The summed E-state index contributed by atoms with van der Waals surface area (Å²) in [5.41, 5.74) is 2.34. The molecule has 3 aromatic carbocycles. The molecule has 2 amide bonds. The number of benzene rings is 3. The Hall–Kier alpha value is -3.35. The Balaban J connectivity index is 1.71. The van der Waals surface area contributed by atoms with E-state index in [1.165, 1.54) is 0 Å². The molecule has 0 radical (unpaired) electrons. The second-order valence-corrected chi connectivity index (χ2v) is 9.93. The zero-order chi connectivity index (χ0) is 25.8. The van der Waals surface area contributed by atoms with E-state index in [1.54, 1.807) is 54.6 Å². The number of carboxylic acids is 1. The Labute approximate surface area is 214 Å². The van der Waals surface area contributed by atoms with E-state index in [-0.39, 0.29) is 27.4 Å². The number of aliphatic carboxylic acids is 1. The lowest BCUT2D eigenvalue weighted by Gasteiger charge is -2.23. The lowest BCUT2D eigenvalue weighted by molar-refractivity contribution is -0.139. The summed E-state index contributed by atoms with van der Waals surface area (Å²) in [5, 5.41) is 15.5. The van der Waals surface area contributed by atoms with Crippen LogP contribution < -0.4 is 10.6 Å². The Kier molecular flexibility index (Phi) is 8.20. The van der Waals surface area contributed by atoms with Crippen LogP contribution in [0.4, 0.5) is 5.69 Å². The zero-order valence-electron chi connectivity index (χ0n) is 19.6. The van der Waals surface area contributed by atoms with Crippen molar-refractivity contribution in [3.05, 3.63) is 99.0 Å². The summed E-state index contributed by atoms with van der Waals surface area (Å²) >= 11 is 12.2. The first kappa shape index (κ1) is 26.3. The van der Waals surface area contributed by atoms with Gasteiger partial charge in [0, 0.05) is 17.7 Å². The van der Waals surface area contributed by atoms with Crippen molar-refractivity contribution in [3.63, 3.8) is 0 Å². The molecule has 8 heteroatoms. The van der Waals surface area contributed by atoms with E-state index in [1.807, 2.05) is 32.9 Å². The first-order chi connectivity index (χ1) is 16.5. The summed E-state index contributed by atoms with van der Waals surface area (Å²) in [6, 6.07) is 17.5. The average Bonchev–Trinajstić information content (AvgIpc) is 2.79. The molecule has 3 rings (SSSR count). The van der Waals surface area contributed by atoms with Crippen LogP contribution in [-0.4, -0.2) is 28.9 Å². The van der Waals surface area contributed by atoms with Gasteiger partial charge >= 0.3 is 5.97 Å². The molecule has 0 aliphatic carbocycles. The van der Waals surface area contributed by atoms with Gasteiger partial charge in [-0.05, 0) is 46.9 Å². The van der Waals surface area contributed by atoms with E-state index in [0.717, 1.165) is 5.56 Å². The molecule has 0 bridgehead atoms. The lowest BCUT2D eigenvalue weighted by Crippen LogP contribution is -2.43. The highest BCUT2D eigenvalue weighted by atomic mass is 35.5. The SMILES string of the molecule is CC(C)(C)c1ccccc1C(=O)N[C@@H](Cc1ccc(NC(=O)c2c(Cl)cccc2Cl)cc1)C(=O)O. The zero-order valence-corrected chi connectivity index (χ0v) is 21.1. The number of halogens is 2. The molecule has 3 aromatic rings. The fourth-order valence-corrected chi connectivity index (χ4v) is 4.21. The summed E-state index contributed by atoms with van der Waals surface area (Å²) < 4.78 is 0. The number of anilines is 1. The molecule has 3 N–H and O–H groups in total. The fourth-order valence-electron chi connectivity index (χ4n) is 3.64. The van der Waals surface area contributed by atoms with E-state index in [9.17, 15) is 19.5 Å². The van der Waals surface area contributed by atoms with Gasteiger partial charge in [0.25, 0.3) is 11.8 Å². The molecule has 0 heterocycles. The lowest BCUT2D eigenvalue weighted by atomic mass is 9.83. The third-order valence-corrected chi connectivity index (χ3v) is 6.05. The highest BCUT2D eigenvalue weighted by Crippen LogP contribution is 2.27. The van der Waals surface area contributed by atoms with Gasteiger partial charge in [0.15, 0.2) is 0 Å². The normalized spacial score (nSPS) is 12.0. The molecule has 35 heavy (non-hydrogen) atoms. The third-order valence-electron chi connectivity index (χ3n) is 5.42. The van der Waals surface area contributed by atoms with Gasteiger partial charge in [0.2, 0.25) is 0 Å². The predicted molar refractivity (Wildman–Crippen MR) is 139 cm³/mol. The first-order valence-electron chi connectivity index (χ1n) is 10.9. The quantitative estimate of drug-likeness (QED) is 0.363. The molecule has 0 aliphatic rings. The van der Waals surface area contributed by atoms with E-state index in [2.05, 4.69) is 10.6 Å². The smallest absolute Gasteiger partial charge is 0.326 e. The molecule has 0 saturated carbocycles. The van der Waals surface area contributed by atoms with Crippen molar-refractivity contribution in [3.8, 4) is 0 Å². The van der Waals surface area contributed by atoms with Gasteiger partial charge in [0.1, 0.15) is 6.04 Å². The maximum atomic E-state index is 12.9. The van der Waals surface area contributed by atoms with Gasteiger partial charge in [-0.1, -0.05) is 80.4 Å². The van der Waals surface area contributed by atoms with Crippen molar-refractivity contribution in [2.75, 3.05) is 5.32 Å². The fraction of sp³-hybridized carbons (Fsp3) is 0.222. The number of hydrogen-bond acceptors (Lipinski definition) is 3. The minimum Gasteiger partial charge on any atom is -0.480 e. The molecule has 0 aromatic heterocycles. The summed E-state index contributed by atoms with van der Waals surface area (Å²) in [6.45, 7) is 5.98. The Morgan fingerprint density at radius 3 is 2.03 bits per heavy atom. The van der Waals surface area contributed by atoms with Crippen molar-refractivity contribution < 1.29 is 19.5 Å². The molecule has 0 spiro atoms. The van der Waals surface area contributed by atoms with Gasteiger partial charge in [-0.3, -0.25) is 9.59 Å². The number of carboxylic acid groups (broad SMARTS) is 1. The van der Waals surface area contributed by atoms with E-state index in [0.29, 0.717) is 16.8 Å².